The van der Waals surface area contributed by atoms with Gasteiger partial charge in [-0.15, -0.1) is 0 Å². The molecule has 1 aliphatic rings. The minimum absolute atomic E-state index is 0.0288. The van der Waals surface area contributed by atoms with Gasteiger partial charge in [-0.2, -0.15) is 0 Å². The number of carbonyl (C=O) groups is 3. The van der Waals surface area contributed by atoms with Crippen molar-refractivity contribution in [3.05, 3.63) is 53.6 Å². The number of ether oxygens (including phenoxy) is 1. The summed E-state index contributed by atoms with van der Waals surface area (Å²) in [5.74, 6) is -0.898. The molecule has 1 aromatic carbocycles. The summed E-state index contributed by atoms with van der Waals surface area (Å²) in [4.78, 5) is 43.9. The Kier molecular flexibility index (Phi) is 7.78. The second-order valence-corrected chi connectivity index (χ2v) is 7.57. The number of amides is 4. The second-order valence-electron chi connectivity index (χ2n) is 7.57. The molecule has 4 amide bonds. The molecule has 33 heavy (non-hydrogen) atoms. The van der Waals surface area contributed by atoms with Crippen molar-refractivity contribution >= 4 is 29.4 Å². The van der Waals surface area contributed by atoms with Gasteiger partial charge in [0.1, 0.15) is 6.04 Å². The Labute approximate surface area is 191 Å². The van der Waals surface area contributed by atoms with E-state index in [9.17, 15) is 14.4 Å². The minimum Gasteiger partial charge on any atom is -0.453 e. The van der Waals surface area contributed by atoms with Crippen molar-refractivity contribution in [2.45, 2.75) is 19.5 Å². The molecule has 1 aromatic heterocycles. The van der Waals surface area contributed by atoms with Crippen LogP contribution in [0.3, 0.4) is 0 Å². The summed E-state index contributed by atoms with van der Waals surface area (Å²) in [6.45, 7) is 2.94. The van der Waals surface area contributed by atoms with E-state index < -0.39 is 24.0 Å². The number of hydrogen-bond donors (Lipinski definition) is 3. The van der Waals surface area contributed by atoms with E-state index in [1.165, 1.54) is 31.3 Å². The van der Waals surface area contributed by atoms with Gasteiger partial charge >= 0.3 is 12.1 Å². The summed E-state index contributed by atoms with van der Waals surface area (Å²) < 4.78 is 19.9. The van der Waals surface area contributed by atoms with Gasteiger partial charge < -0.3 is 20.7 Å². The molecule has 1 atom stereocenters. The van der Waals surface area contributed by atoms with Crippen LogP contribution in [0.15, 0.2) is 36.5 Å². The Hall–Kier alpha value is -3.73. The van der Waals surface area contributed by atoms with E-state index in [0.29, 0.717) is 17.8 Å². The maximum absolute atomic E-state index is 15.1. The SMILES string of the molecule is CNC(=O)[C@H]1CN(Cc2cccc(NC(=O)Nc3ccc(C)nc3)c2F)CCN1C(=O)OC. The zero-order chi connectivity index (χ0) is 24.0. The van der Waals surface area contributed by atoms with E-state index in [4.69, 9.17) is 4.74 Å². The fraction of sp³-hybridized carbons (Fsp3) is 0.364. The van der Waals surface area contributed by atoms with E-state index >= 15 is 4.39 Å². The van der Waals surface area contributed by atoms with E-state index in [-0.39, 0.29) is 31.2 Å². The number of nitrogens with one attached hydrogen (secondary N) is 3. The molecular weight excluding hydrogens is 431 g/mol. The molecule has 0 aliphatic carbocycles. The standard InChI is InChI=1S/C22H27FN6O4/c1-14-7-8-16(11-25-14)26-21(31)27-17-6-4-5-15(19(17)23)12-28-9-10-29(22(32)33-3)18(13-28)20(30)24-2/h4-8,11,18H,9-10,12-13H2,1-3H3,(H,24,30)(H2,26,27,31)/t18-/m1/s1. The van der Waals surface area contributed by atoms with Gasteiger partial charge in [-0.05, 0) is 25.1 Å². The molecular formula is C22H27FN6O4. The highest BCUT2D eigenvalue weighted by molar-refractivity contribution is 5.99. The van der Waals surface area contributed by atoms with Crippen LogP contribution < -0.4 is 16.0 Å². The Bertz CT molecular complexity index is 1020. The summed E-state index contributed by atoms with van der Waals surface area (Å²) in [5.41, 5.74) is 1.68. The number of aryl methyl sites for hydroxylation is 1. The predicted octanol–water partition coefficient (Wildman–Crippen LogP) is 2.17. The highest BCUT2D eigenvalue weighted by Gasteiger charge is 2.35. The number of benzene rings is 1. The molecule has 1 saturated heterocycles. The molecule has 0 radical (unpaired) electrons. The number of pyridine rings is 1. The maximum Gasteiger partial charge on any atom is 0.410 e. The van der Waals surface area contributed by atoms with E-state index in [0.717, 1.165) is 5.69 Å². The second kappa shape index (κ2) is 10.7. The number of piperazine rings is 1. The maximum atomic E-state index is 15.1. The normalized spacial score (nSPS) is 16.1. The largest absolute Gasteiger partial charge is 0.453 e. The summed E-state index contributed by atoms with van der Waals surface area (Å²) in [6, 6.07) is 6.83. The lowest BCUT2D eigenvalue weighted by atomic mass is 10.1. The van der Waals surface area contributed by atoms with Crippen LogP contribution in [-0.4, -0.2) is 72.6 Å². The van der Waals surface area contributed by atoms with Crippen LogP contribution in [0.25, 0.3) is 0 Å². The van der Waals surface area contributed by atoms with Gasteiger partial charge in [-0.25, -0.2) is 14.0 Å². The Morgan fingerprint density at radius 1 is 1.18 bits per heavy atom. The third-order valence-corrected chi connectivity index (χ3v) is 5.31. The van der Waals surface area contributed by atoms with Gasteiger partial charge in [0.2, 0.25) is 5.91 Å². The van der Waals surface area contributed by atoms with Crippen LogP contribution in [-0.2, 0) is 16.1 Å². The molecule has 176 valence electrons. The monoisotopic (exact) mass is 458 g/mol. The lowest BCUT2D eigenvalue weighted by Crippen LogP contribution is -2.60. The number of rotatable bonds is 5. The van der Waals surface area contributed by atoms with Crippen LogP contribution in [0, 0.1) is 12.7 Å². The third kappa shape index (κ3) is 5.95. The fourth-order valence-corrected chi connectivity index (χ4v) is 3.58. The average Bonchev–Trinajstić information content (AvgIpc) is 2.82. The van der Waals surface area contributed by atoms with E-state index in [1.54, 1.807) is 24.3 Å². The number of likely N-dealkylation sites (N-methyl/N-ethyl adjacent to an activating group) is 1. The number of anilines is 2. The molecule has 3 rings (SSSR count). The van der Waals surface area contributed by atoms with Crippen molar-refractivity contribution in [2.24, 2.45) is 0 Å². The molecule has 2 aromatic rings. The number of urea groups is 1. The molecule has 0 unspecified atom stereocenters. The van der Waals surface area contributed by atoms with E-state index in [2.05, 4.69) is 20.9 Å². The number of aromatic nitrogens is 1. The number of halogens is 1. The molecule has 3 N–H and O–H groups in total. The number of nitrogens with zero attached hydrogens (tertiary/aromatic N) is 3. The molecule has 1 aliphatic heterocycles. The van der Waals surface area contributed by atoms with Crippen LogP contribution in [0.4, 0.5) is 25.4 Å². The summed E-state index contributed by atoms with van der Waals surface area (Å²) in [5, 5.41) is 7.66. The van der Waals surface area contributed by atoms with Crippen molar-refractivity contribution < 1.29 is 23.5 Å². The molecule has 0 spiro atoms. The van der Waals surface area contributed by atoms with E-state index in [1.807, 2.05) is 11.8 Å². The van der Waals surface area contributed by atoms with Crippen LogP contribution in [0.5, 0.6) is 0 Å². The van der Waals surface area contributed by atoms with Crippen LogP contribution in [0.1, 0.15) is 11.3 Å². The smallest absolute Gasteiger partial charge is 0.410 e. The van der Waals surface area contributed by atoms with Crippen molar-refractivity contribution in [3.8, 4) is 0 Å². The zero-order valence-electron chi connectivity index (χ0n) is 18.7. The van der Waals surface area contributed by atoms with Crippen molar-refractivity contribution in [2.75, 3.05) is 44.4 Å². The van der Waals surface area contributed by atoms with Crippen LogP contribution in [0.2, 0.25) is 0 Å². The molecule has 10 nitrogen and oxygen atoms in total. The van der Waals surface area contributed by atoms with Gasteiger partial charge in [-0.1, -0.05) is 12.1 Å². The summed E-state index contributed by atoms with van der Waals surface area (Å²) in [6.07, 6.45) is 0.925. The minimum atomic E-state index is -0.755. The molecule has 2 heterocycles. The number of methoxy groups -OCH3 is 1. The highest BCUT2D eigenvalue weighted by Crippen LogP contribution is 2.22. The van der Waals surface area contributed by atoms with Gasteiger partial charge in [0.05, 0.1) is 24.7 Å². The first-order valence-electron chi connectivity index (χ1n) is 10.4. The quantitative estimate of drug-likeness (QED) is 0.633. The first kappa shape index (κ1) is 23.9. The highest BCUT2D eigenvalue weighted by atomic mass is 19.1. The van der Waals surface area contributed by atoms with Gasteiger partial charge in [-0.3, -0.25) is 19.6 Å². The predicted molar refractivity (Wildman–Crippen MR) is 120 cm³/mol. The van der Waals surface area contributed by atoms with Crippen molar-refractivity contribution in [1.29, 1.82) is 0 Å². The fourth-order valence-electron chi connectivity index (χ4n) is 3.58. The van der Waals surface area contributed by atoms with Crippen molar-refractivity contribution in [3.63, 3.8) is 0 Å². The Morgan fingerprint density at radius 3 is 2.64 bits per heavy atom. The lowest BCUT2D eigenvalue weighted by Gasteiger charge is -2.39. The molecule has 0 saturated carbocycles. The van der Waals surface area contributed by atoms with Gasteiger partial charge in [0.15, 0.2) is 5.82 Å². The van der Waals surface area contributed by atoms with Gasteiger partial charge in [0.25, 0.3) is 0 Å². The number of carbonyl (C=O) groups excluding carboxylic acids is 3. The first-order chi connectivity index (χ1) is 15.8. The zero-order valence-corrected chi connectivity index (χ0v) is 18.7. The lowest BCUT2D eigenvalue weighted by molar-refractivity contribution is -0.127. The van der Waals surface area contributed by atoms with Crippen LogP contribution >= 0.6 is 0 Å². The van der Waals surface area contributed by atoms with Gasteiger partial charge in [0, 0.05) is 44.5 Å². The average molecular weight is 458 g/mol. The first-order valence-corrected chi connectivity index (χ1v) is 10.4. The van der Waals surface area contributed by atoms with Crippen molar-refractivity contribution in [1.82, 2.24) is 20.1 Å². The number of hydrogen-bond acceptors (Lipinski definition) is 6. The third-order valence-electron chi connectivity index (χ3n) is 5.31. The Balaban J connectivity index is 1.67. The molecule has 1 fully saturated rings. The molecule has 11 heteroatoms. The summed E-state index contributed by atoms with van der Waals surface area (Å²) >= 11 is 0. The topological polar surface area (TPSA) is 116 Å². The Morgan fingerprint density at radius 2 is 1.97 bits per heavy atom. The summed E-state index contributed by atoms with van der Waals surface area (Å²) in [7, 11) is 2.75. The molecule has 0 bridgehead atoms.